The molecule has 1 fully saturated rings. The fourth-order valence-corrected chi connectivity index (χ4v) is 4.21. The summed E-state index contributed by atoms with van der Waals surface area (Å²) in [6.45, 7) is 2.09. The molecule has 0 aromatic carbocycles. The van der Waals surface area contributed by atoms with Gasteiger partial charge in [0.25, 0.3) is 0 Å². The van der Waals surface area contributed by atoms with Gasteiger partial charge in [-0.3, -0.25) is 0 Å². The molecule has 0 bridgehead atoms. The lowest BCUT2D eigenvalue weighted by Crippen LogP contribution is -2.50. The maximum absolute atomic E-state index is 10.8. The van der Waals surface area contributed by atoms with Crippen molar-refractivity contribution in [2.75, 3.05) is 0 Å². The Morgan fingerprint density at radius 2 is 2.18 bits per heavy atom. The molecule has 0 spiro atoms. The van der Waals surface area contributed by atoms with Crippen LogP contribution >= 0.6 is 0 Å². The number of hydrogen-bond acceptors (Lipinski definition) is 2. The zero-order valence-corrected chi connectivity index (χ0v) is 10.5. The SMILES string of the molecule is CC1=CC2=CCC[C@@]3(O)CCC[C@@H](C(O)C1)[C@H]23. The summed E-state index contributed by atoms with van der Waals surface area (Å²) in [4.78, 5) is 0. The number of aliphatic hydroxyl groups excluding tert-OH is 1. The number of rotatable bonds is 0. The smallest absolute Gasteiger partial charge is 0.0722 e. The van der Waals surface area contributed by atoms with E-state index in [1.54, 1.807) is 0 Å². The molecule has 2 nitrogen and oxygen atoms in total. The minimum atomic E-state index is -0.547. The van der Waals surface area contributed by atoms with Crippen LogP contribution in [-0.4, -0.2) is 21.9 Å². The lowest BCUT2D eigenvalue weighted by molar-refractivity contribution is -0.0922. The molecule has 1 saturated carbocycles. The van der Waals surface area contributed by atoms with Crippen LogP contribution in [0.4, 0.5) is 0 Å². The van der Waals surface area contributed by atoms with Crippen LogP contribution in [-0.2, 0) is 0 Å². The minimum absolute atomic E-state index is 0.178. The highest BCUT2D eigenvalue weighted by Gasteiger charge is 2.49. The first kappa shape index (κ1) is 11.5. The van der Waals surface area contributed by atoms with Crippen molar-refractivity contribution in [3.63, 3.8) is 0 Å². The minimum Gasteiger partial charge on any atom is -0.392 e. The molecular formula is C15H22O2. The number of aliphatic hydroxyl groups is 2. The summed E-state index contributed by atoms with van der Waals surface area (Å²) in [6.07, 6.45) is 9.87. The van der Waals surface area contributed by atoms with E-state index in [0.717, 1.165) is 38.5 Å². The Morgan fingerprint density at radius 3 is 3.00 bits per heavy atom. The molecule has 4 atom stereocenters. The van der Waals surface area contributed by atoms with Crippen LogP contribution in [0.15, 0.2) is 23.3 Å². The molecule has 0 saturated heterocycles. The molecule has 0 aromatic rings. The summed E-state index contributed by atoms with van der Waals surface area (Å²) < 4.78 is 0. The first-order valence-corrected chi connectivity index (χ1v) is 6.88. The van der Waals surface area contributed by atoms with Crippen molar-refractivity contribution in [2.24, 2.45) is 11.8 Å². The van der Waals surface area contributed by atoms with Crippen molar-refractivity contribution in [2.45, 2.75) is 57.2 Å². The van der Waals surface area contributed by atoms with Crippen molar-refractivity contribution in [1.82, 2.24) is 0 Å². The van der Waals surface area contributed by atoms with E-state index in [1.165, 1.54) is 11.1 Å². The van der Waals surface area contributed by atoms with Crippen LogP contribution in [0.2, 0.25) is 0 Å². The van der Waals surface area contributed by atoms with Gasteiger partial charge in [-0.25, -0.2) is 0 Å². The van der Waals surface area contributed by atoms with Gasteiger partial charge in [-0.15, -0.1) is 0 Å². The highest BCUT2D eigenvalue weighted by Crippen LogP contribution is 2.50. The lowest BCUT2D eigenvalue weighted by Gasteiger charge is -2.48. The zero-order valence-electron chi connectivity index (χ0n) is 10.5. The van der Waals surface area contributed by atoms with Gasteiger partial charge in [-0.1, -0.05) is 24.1 Å². The summed E-state index contributed by atoms with van der Waals surface area (Å²) in [5.74, 6) is 0.437. The Balaban J connectivity index is 2.06. The first-order chi connectivity index (χ1) is 8.10. The van der Waals surface area contributed by atoms with E-state index in [4.69, 9.17) is 0 Å². The van der Waals surface area contributed by atoms with E-state index < -0.39 is 5.60 Å². The predicted octanol–water partition coefficient (Wildman–Crippen LogP) is 2.56. The first-order valence-electron chi connectivity index (χ1n) is 6.88. The Hall–Kier alpha value is -0.600. The van der Waals surface area contributed by atoms with Gasteiger partial charge in [0.2, 0.25) is 0 Å². The second-order valence-electron chi connectivity index (χ2n) is 6.14. The van der Waals surface area contributed by atoms with E-state index in [0.29, 0.717) is 0 Å². The van der Waals surface area contributed by atoms with Crippen LogP contribution < -0.4 is 0 Å². The zero-order chi connectivity index (χ0) is 12.0. The quantitative estimate of drug-likeness (QED) is 0.676. The third kappa shape index (κ3) is 1.78. The van der Waals surface area contributed by atoms with Gasteiger partial charge in [0, 0.05) is 5.92 Å². The Bertz CT molecular complexity index is 382. The average molecular weight is 234 g/mol. The molecule has 0 heterocycles. The van der Waals surface area contributed by atoms with Crippen molar-refractivity contribution < 1.29 is 10.2 Å². The standard InChI is InChI=1S/C15H22O2/c1-10-8-11-4-2-6-15(17)7-3-5-12(14(11)15)13(16)9-10/h4,8,12-14,16-17H,2-3,5-7,9H2,1H3/t12-,13?,14-,15+/m0/s1. The van der Waals surface area contributed by atoms with Gasteiger partial charge in [0.05, 0.1) is 11.7 Å². The summed E-state index contributed by atoms with van der Waals surface area (Å²) in [7, 11) is 0. The maximum Gasteiger partial charge on any atom is 0.0722 e. The van der Waals surface area contributed by atoms with Crippen LogP contribution in [0.5, 0.6) is 0 Å². The second-order valence-corrected chi connectivity index (χ2v) is 6.14. The van der Waals surface area contributed by atoms with Gasteiger partial charge in [-0.05, 0) is 50.5 Å². The highest BCUT2D eigenvalue weighted by atomic mass is 16.3. The Morgan fingerprint density at radius 1 is 1.35 bits per heavy atom. The molecule has 0 amide bonds. The molecule has 3 rings (SSSR count). The Kier molecular flexibility index (Phi) is 2.68. The van der Waals surface area contributed by atoms with Crippen LogP contribution in [0.1, 0.15) is 45.4 Å². The second kappa shape index (κ2) is 3.96. The van der Waals surface area contributed by atoms with Gasteiger partial charge in [0.15, 0.2) is 0 Å². The van der Waals surface area contributed by atoms with E-state index in [9.17, 15) is 10.2 Å². The maximum atomic E-state index is 10.8. The lowest BCUT2D eigenvalue weighted by atomic mass is 9.61. The fraction of sp³-hybridized carbons (Fsp3) is 0.733. The number of hydrogen-bond donors (Lipinski definition) is 2. The normalized spacial score (nSPS) is 45.5. The Labute approximate surface area is 103 Å². The number of allylic oxidation sites excluding steroid dienone is 2. The van der Waals surface area contributed by atoms with Crippen molar-refractivity contribution in [3.8, 4) is 0 Å². The van der Waals surface area contributed by atoms with E-state index in [-0.39, 0.29) is 17.9 Å². The van der Waals surface area contributed by atoms with Crippen molar-refractivity contribution >= 4 is 0 Å². The topological polar surface area (TPSA) is 40.5 Å². The molecule has 2 N–H and O–H groups in total. The van der Waals surface area contributed by atoms with Crippen molar-refractivity contribution in [3.05, 3.63) is 23.3 Å². The molecule has 1 unspecified atom stereocenters. The van der Waals surface area contributed by atoms with Gasteiger partial charge in [-0.2, -0.15) is 0 Å². The monoisotopic (exact) mass is 234 g/mol. The molecule has 17 heavy (non-hydrogen) atoms. The molecule has 0 aliphatic heterocycles. The van der Waals surface area contributed by atoms with Crippen LogP contribution in [0.3, 0.4) is 0 Å². The fourth-order valence-electron chi connectivity index (χ4n) is 4.21. The van der Waals surface area contributed by atoms with Gasteiger partial charge >= 0.3 is 0 Å². The predicted molar refractivity (Wildman–Crippen MR) is 67.5 cm³/mol. The van der Waals surface area contributed by atoms with E-state index in [2.05, 4.69) is 19.1 Å². The van der Waals surface area contributed by atoms with Crippen molar-refractivity contribution in [1.29, 1.82) is 0 Å². The average Bonchev–Trinajstić information content (AvgIpc) is 2.38. The highest BCUT2D eigenvalue weighted by molar-refractivity contribution is 5.34. The largest absolute Gasteiger partial charge is 0.392 e. The van der Waals surface area contributed by atoms with Gasteiger partial charge < -0.3 is 10.2 Å². The third-order valence-electron chi connectivity index (χ3n) is 4.91. The van der Waals surface area contributed by atoms with E-state index >= 15 is 0 Å². The third-order valence-corrected chi connectivity index (χ3v) is 4.91. The molecule has 0 aromatic heterocycles. The summed E-state index contributed by atoms with van der Waals surface area (Å²) >= 11 is 0. The van der Waals surface area contributed by atoms with E-state index in [1.807, 2.05) is 0 Å². The molecule has 94 valence electrons. The van der Waals surface area contributed by atoms with Crippen LogP contribution in [0.25, 0.3) is 0 Å². The van der Waals surface area contributed by atoms with Crippen LogP contribution in [0, 0.1) is 11.8 Å². The molecular weight excluding hydrogens is 212 g/mol. The summed E-state index contributed by atoms with van der Waals surface area (Å²) in [5.41, 5.74) is 2.00. The molecule has 0 radical (unpaired) electrons. The molecule has 2 heteroatoms. The summed E-state index contributed by atoms with van der Waals surface area (Å²) in [5, 5.41) is 21.2. The van der Waals surface area contributed by atoms with Gasteiger partial charge in [0.1, 0.15) is 0 Å². The molecule has 3 aliphatic rings. The molecule has 3 aliphatic carbocycles. The summed E-state index contributed by atoms with van der Waals surface area (Å²) in [6, 6.07) is 0.